The molecule has 1 heterocycles. The lowest BCUT2D eigenvalue weighted by Crippen LogP contribution is -2.29. The first-order valence-corrected chi connectivity index (χ1v) is 7.41. The normalized spacial score (nSPS) is 17.8. The van der Waals surface area contributed by atoms with Crippen LogP contribution in [0.25, 0.3) is 0 Å². The van der Waals surface area contributed by atoms with Crippen molar-refractivity contribution in [3.63, 3.8) is 0 Å². The Labute approximate surface area is 129 Å². The summed E-state index contributed by atoms with van der Waals surface area (Å²) >= 11 is 5.02. The van der Waals surface area contributed by atoms with Crippen LogP contribution in [0.1, 0.15) is 29.6 Å². The summed E-state index contributed by atoms with van der Waals surface area (Å²) in [6.07, 6.45) is 2.42. The molecule has 1 aromatic carbocycles. The average Bonchev–Trinajstić information content (AvgIpc) is 2.75. The number of carbonyl (C=O) groups is 2. The molecule has 112 valence electrons. The number of carbonyl (C=O) groups excluding carboxylic acids is 2. The summed E-state index contributed by atoms with van der Waals surface area (Å²) in [6, 6.07) is 8.91. The quantitative estimate of drug-likeness (QED) is 0.614. The van der Waals surface area contributed by atoms with Crippen LogP contribution >= 0.6 is 12.2 Å². The van der Waals surface area contributed by atoms with Gasteiger partial charge in [-0.3, -0.25) is 14.5 Å². The van der Waals surface area contributed by atoms with Gasteiger partial charge in [-0.25, -0.2) is 0 Å². The molecule has 1 atom stereocenters. The van der Waals surface area contributed by atoms with Crippen molar-refractivity contribution < 1.29 is 9.59 Å². The molecule has 1 fully saturated rings. The number of nitrogens with zero attached hydrogens (tertiary/aromatic N) is 1. The topological polar surface area (TPSA) is 61.4 Å². The lowest BCUT2D eigenvalue weighted by atomic mass is 10.1. The van der Waals surface area contributed by atoms with Gasteiger partial charge in [-0.1, -0.05) is 18.2 Å². The first-order valence-electron chi connectivity index (χ1n) is 7.01. The molecule has 2 amide bonds. The lowest BCUT2D eigenvalue weighted by molar-refractivity contribution is -0.126. The molecule has 0 saturated carbocycles. The van der Waals surface area contributed by atoms with Gasteiger partial charge >= 0.3 is 0 Å². The molecule has 2 N–H and O–H groups in total. The highest BCUT2D eigenvalue weighted by Crippen LogP contribution is 2.10. The highest BCUT2D eigenvalue weighted by atomic mass is 32.1. The maximum atomic E-state index is 11.8. The molecular weight excluding hydrogens is 286 g/mol. The van der Waals surface area contributed by atoms with Crippen LogP contribution in [0, 0.1) is 0 Å². The summed E-state index contributed by atoms with van der Waals surface area (Å²) < 4.78 is 0. The maximum Gasteiger partial charge on any atom is 0.251 e. The molecule has 1 saturated heterocycles. The Bertz CT molecular complexity index is 533. The van der Waals surface area contributed by atoms with Crippen molar-refractivity contribution in [3.05, 3.63) is 35.9 Å². The van der Waals surface area contributed by atoms with Gasteiger partial charge in [0.2, 0.25) is 0 Å². The minimum absolute atomic E-state index is 0.0216. The van der Waals surface area contributed by atoms with Gasteiger partial charge in [0, 0.05) is 19.2 Å². The molecule has 5 nitrogen and oxygen atoms in total. The number of hydrogen-bond donors (Lipinski definition) is 2. The third-order valence-corrected chi connectivity index (χ3v) is 3.86. The van der Waals surface area contributed by atoms with E-state index in [1.165, 1.54) is 4.90 Å². The van der Waals surface area contributed by atoms with Crippen LogP contribution in [0.5, 0.6) is 0 Å². The maximum absolute atomic E-state index is 11.8. The van der Waals surface area contributed by atoms with E-state index in [0.29, 0.717) is 17.2 Å². The molecule has 6 heteroatoms. The Balaban J connectivity index is 1.64. The largest absolute Gasteiger partial charge is 0.352 e. The molecule has 0 spiro atoms. The van der Waals surface area contributed by atoms with Crippen LogP contribution in [-0.2, 0) is 4.79 Å². The van der Waals surface area contributed by atoms with Crippen molar-refractivity contribution in [2.75, 3.05) is 13.6 Å². The van der Waals surface area contributed by atoms with E-state index in [4.69, 9.17) is 12.2 Å². The van der Waals surface area contributed by atoms with Gasteiger partial charge in [0.25, 0.3) is 11.8 Å². The van der Waals surface area contributed by atoms with E-state index >= 15 is 0 Å². The molecule has 1 aliphatic rings. The fraction of sp³-hybridized carbons (Fsp3) is 0.400. The molecule has 1 aliphatic heterocycles. The number of nitrogens with one attached hydrogen (secondary N) is 2. The number of thiocarbonyl (C=S) groups is 1. The van der Waals surface area contributed by atoms with Crippen molar-refractivity contribution in [2.45, 2.75) is 25.3 Å². The monoisotopic (exact) mass is 305 g/mol. The van der Waals surface area contributed by atoms with E-state index in [2.05, 4.69) is 10.6 Å². The van der Waals surface area contributed by atoms with Crippen molar-refractivity contribution in [2.24, 2.45) is 0 Å². The zero-order chi connectivity index (χ0) is 15.2. The van der Waals surface area contributed by atoms with Crippen LogP contribution < -0.4 is 10.6 Å². The second-order valence-electron chi connectivity index (χ2n) is 5.02. The molecule has 0 aliphatic carbocycles. The molecule has 0 bridgehead atoms. The Morgan fingerprint density at radius 2 is 2.05 bits per heavy atom. The fourth-order valence-corrected chi connectivity index (χ4v) is 2.44. The van der Waals surface area contributed by atoms with E-state index in [0.717, 1.165) is 19.3 Å². The van der Waals surface area contributed by atoms with Crippen LogP contribution in [-0.4, -0.2) is 41.5 Å². The Hall–Kier alpha value is -1.95. The summed E-state index contributed by atoms with van der Waals surface area (Å²) in [4.78, 5) is 25.0. The number of hydrogen-bond acceptors (Lipinski definition) is 3. The average molecular weight is 305 g/mol. The first-order chi connectivity index (χ1) is 10.1. The highest BCUT2D eigenvalue weighted by molar-refractivity contribution is 7.80. The lowest BCUT2D eigenvalue weighted by Gasteiger charge is -2.09. The molecule has 0 aromatic heterocycles. The van der Waals surface area contributed by atoms with Crippen LogP contribution in [0.3, 0.4) is 0 Å². The smallest absolute Gasteiger partial charge is 0.251 e. The second-order valence-corrected chi connectivity index (χ2v) is 5.40. The number of rotatable bonds is 6. The van der Waals surface area contributed by atoms with E-state index in [9.17, 15) is 9.59 Å². The summed E-state index contributed by atoms with van der Waals surface area (Å²) in [7, 11) is 1.68. The van der Waals surface area contributed by atoms with E-state index in [-0.39, 0.29) is 17.9 Å². The first kappa shape index (κ1) is 15.4. The van der Waals surface area contributed by atoms with Crippen LogP contribution in [0.4, 0.5) is 0 Å². The number of unbranched alkanes of at least 4 members (excludes halogenated alkanes) is 1. The van der Waals surface area contributed by atoms with Crippen molar-refractivity contribution in [1.29, 1.82) is 0 Å². The SMILES string of the molecule is CN1C(=O)C(CCCCNC(=O)c2ccccc2)NC1=S. The highest BCUT2D eigenvalue weighted by Gasteiger charge is 2.31. The van der Waals surface area contributed by atoms with Gasteiger partial charge in [-0.2, -0.15) is 0 Å². The minimum Gasteiger partial charge on any atom is -0.352 e. The standard InChI is InChI=1S/C15H19N3O2S/c1-18-14(20)12(17-15(18)21)9-5-6-10-16-13(19)11-7-3-2-4-8-11/h2-4,7-8,12H,5-6,9-10H2,1H3,(H,16,19)(H,17,21). The van der Waals surface area contributed by atoms with Gasteiger partial charge in [0.1, 0.15) is 6.04 Å². The van der Waals surface area contributed by atoms with E-state index in [1.807, 2.05) is 18.2 Å². The predicted octanol–water partition coefficient (Wildman–Crippen LogP) is 1.30. The second kappa shape index (κ2) is 7.17. The number of likely N-dealkylation sites (N-methyl/N-ethyl adjacent to an activating group) is 1. The third kappa shape index (κ3) is 4.01. The fourth-order valence-electron chi connectivity index (χ4n) is 2.20. The van der Waals surface area contributed by atoms with Crippen LogP contribution in [0.15, 0.2) is 30.3 Å². The summed E-state index contributed by atoms with van der Waals surface area (Å²) in [5, 5.41) is 6.36. The minimum atomic E-state index is -0.215. The molecule has 21 heavy (non-hydrogen) atoms. The summed E-state index contributed by atoms with van der Waals surface area (Å²) in [5.74, 6) is -0.0418. The molecule has 1 unspecified atom stereocenters. The van der Waals surface area contributed by atoms with Gasteiger partial charge in [-0.15, -0.1) is 0 Å². The Morgan fingerprint density at radius 1 is 1.33 bits per heavy atom. The third-order valence-electron chi connectivity index (χ3n) is 3.47. The zero-order valence-electron chi connectivity index (χ0n) is 12.0. The zero-order valence-corrected chi connectivity index (χ0v) is 12.8. The number of amides is 2. The van der Waals surface area contributed by atoms with Gasteiger partial charge in [-0.05, 0) is 43.6 Å². The summed E-state index contributed by atoms with van der Waals surface area (Å²) in [5.41, 5.74) is 0.664. The van der Waals surface area contributed by atoms with E-state index in [1.54, 1.807) is 19.2 Å². The molecule has 2 rings (SSSR count). The van der Waals surface area contributed by atoms with Gasteiger partial charge in [0.15, 0.2) is 5.11 Å². The van der Waals surface area contributed by atoms with Crippen LogP contribution in [0.2, 0.25) is 0 Å². The van der Waals surface area contributed by atoms with Crippen molar-refractivity contribution >= 4 is 29.1 Å². The van der Waals surface area contributed by atoms with Crippen molar-refractivity contribution in [1.82, 2.24) is 15.5 Å². The van der Waals surface area contributed by atoms with Crippen molar-refractivity contribution in [3.8, 4) is 0 Å². The molecular formula is C15H19N3O2S. The Morgan fingerprint density at radius 3 is 2.67 bits per heavy atom. The Kier molecular flexibility index (Phi) is 5.27. The van der Waals surface area contributed by atoms with E-state index < -0.39 is 0 Å². The predicted molar refractivity (Wildman–Crippen MR) is 84.9 cm³/mol. The van der Waals surface area contributed by atoms with Gasteiger partial charge in [0.05, 0.1) is 0 Å². The number of benzene rings is 1. The molecule has 1 aromatic rings. The molecule has 0 radical (unpaired) electrons. The summed E-state index contributed by atoms with van der Waals surface area (Å²) in [6.45, 7) is 0.606. The van der Waals surface area contributed by atoms with Gasteiger partial charge < -0.3 is 10.6 Å².